The Kier molecular flexibility index (Phi) is 67.7. The van der Waals surface area contributed by atoms with Gasteiger partial charge in [-0.2, -0.15) is 0 Å². The number of allylic oxidation sites excluding steroid dienone is 22. The maximum Gasteiger partial charge on any atom is 0.306 e. The molecule has 0 aromatic rings. The van der Waals surface area contributed by atoms with Gasteiger partial charge < -0.3 is 33.3 Å². The zero-order chi connectivity index (χ0) is 66.1. The smallest absolute Gasteiger partial charge is 0.306 e. The molecular weight excluding hydrogens is 1130 g/mol. The second-order valence-corrected chi connectivity index (χ2v) is 25.8. The van der Waals surface area contributed by atoms with Gasteiger partial charge in [0.15, 0.2) is 12.4 Å². The van der Waals surface area contributed by atoms with E-state index in [1.807, 2.05) is 21.1 Å². The highest BCUT2D eigenvalue weighted by Crippen LogP contribution is 2.18. The van der Waals surface area contributed by atoms with Crippen LogP contribution in [0.5, 0.6) is 0 Å². The maximum absolute atomic E-state index is 13.0. The van der Waals surface area contributed by atoms with Crippen molar-refractivity contribution in [2.75, 3.05) is 47.5 Å². The molecule has 2 unspecified atom stereocenters. The number of carbonyl (C=O) groups is 3. The third kappa shape index (κ3) is 72.7. The lowest BCUT2D eigenvalue weighted by molar-refractivity contribution is -0.870. The molecule has 0 fully saturated rings. The molecule has 0 radical (unpaired) electrons. The van der Waals surface area contributed by atoms with Crippen LogP contribution in [0.1, 0.15) is 309 Å². The van der Waals surface area contributed by atoms with Gasteiger partial charge in [0.1, 0.15) is 13.2 Å². The molecule has 0 aliphatic rings. The van der Waals surface area contributed by atoms with E-state index in [9.17, 15) is 19.5 Å². The number of rotatable bonds is 68. The van der Waals surface area contributed by atoms with E-state index in [0.717, 1.165) is 116 Å². The quantitative estimate of drug-likeness (QED) is 0.0195. The van der Waals surface area contributed by atoms with Gasteiger partial charge >= 0.3 is 11.9 Å². The van der Waals surface area contributed by atoms with Crippen molar-refractivity contribution in [1.82, 2.24) is 0 Å². The molecule has 9 heteroatoms. The lowest BCUT2D eigenvalue weighted by atomic mass is 10.0. The van der Waals surface area contributed by atoms with E-state index in [2.05, 4.69) is 148 Å². The molecule has 0 aliphatic heterocycles. The number of ether oxygens (including phenoxy) is 4. The van der Waals surface area contributed by atoms with Crippen LogP contribution >= 0.6 is 0 Å². The lowest BCUT2D eigenvalue weighted by Gasteiger charge is -2.26. The predicted octanol–water partition coefficient (Wildman–Crippen LogP) is 22.4. The van der Waals surface area contributed by atoms with Gasteiger partial charge in [0.05, 0.1) is 40.3 Å². The van der Waals surface area contributed by atoms with Crippen molar-refractivity contribution >= 4 is 17.9 Å². The van der Waals surface area contributed by atoms with Gasteiger partial charge in [0.25, 0.3) is 0 Å². The van der Waals surface area contributed by atoms with Gasteiger partial charge in [0, 0.05) is 12.8 Å². The zero-order valence-corrected chi connectivity index (χ0v) is 59.4. The van der Waals surface area contributed by atoms with Crippen molar-refractivity contribution in [3.63, 3.8) is 0 Å². The van der Waals surface area contributed by atoms with Crippen molar-refractivity contribution in [1.29, 1.82) is 0 Å². The number of esters is 2. The van der Waals surface area contributed by atoms with Gasteiger partial charge in [-0.3, -0.25) is 9.59 Å². The molecule has 0 N–H and O–H groups in total. The minimum absolute atomic E-state index is 0.142. The second kappa shape index (κ2) is 71.3. The molecule has 2 atom stereocenters. The molecule has 520 valence electrons. The van der Waals surface area contributed by atoms with Crippen LogP contribution in [0.25, 0.3) is 0 Å². The Labute approximate surface area is 560 Å². The summed E-state index contributed by atoms with van der Waals surface area (Å²) >= 11 is 0. The van der Waals surface area contributed by atoms with Crippen molar-refractivity contribution in [3.8, 4) is 0 Å². The summed E-state index contributed by atoms with van der Waals surface area (Å²) in [7, 11) is 5.93. The Balaban J connectivity index is 4.09. The molecule has 0 amide bonds. The number of carboxylic acids is 1. The molecule has 9 nitrogen and oxygen atoms in total. The third-order valence-electron chi connectivity index (χ3n) is 15.9. The minimum Gasteiger partial charge on any atom is -0.545 e. The van der Waals surface area contributed by atoms with Crippen molar-refractivity contribution in [3.05, 3.63) is 134 Å². The summed E-state index contributed by atoms with van der Waals surface area (Å²) in [5.41, 5.74) is 0. The fraction of sp³-hybridized carbons (Fsp3) is 0.695. The maximum atomic E-state index is 13.0. The average Bonchev–Trinajstić information content (AvgIpc) is 3.65. The first-order chi connectivity index (χ1) is 44.6. The lowest BCUT2D eigenvalue weighted by Crippen LogP contribution is -2.44. The van der Waals surface area contributed by atoms with E-state index in [1.54, 1.807) is 0 Å². The van der Waals surface area contributed by atoms with Crippen LogP contribution in [-0.2, 0) is 33.3 Å². The minimum atomic E-state index is -1.63. The molecule has 0 saturated heterocycles. The fourth-order valence-corrected chi connectivity index (χ4v) is 10.3. The van der Waals surface area contributed by atoms with Gasteiger partial charge in [-0.1, -0.05) is 321 Å². The number of hydrogen-bond acceptors (Lipinski definition) is 8. The highest BCUT2D eigenvalue weighted by Gasteiger charge is 2.22. The summed E-state index contributed by atoms with van der Waals surface area (Å²) in [5.74, 6) is -2.29. The second-order valence-electron chi connectivity index (χ2n) is 25.8. The Hall–Kier alpha value is -4.57. The van der Waals surface area contributed by atoms with E-state index in [-0.39, 0.29) is 38.6 Å². The summed E-state index contributed by atoms with van der Waals surface area (Å²) in [6, 6.07) is 0. The summed E-state index contributed by atoms with van der Waals surface area (Å²) in [6.45, 7) is 4.53. The number of carbonyl (C=O) groups excluding carboxylic acids is 3. The normalized spacial score (nSPS) is 13.5. The van der Waals surface area contributed by atoms with Crippen LogP contribution in [0.4, 0.5) is 0 Å². The Bertz CT molecular complexity index is 1960. The largest absolute Gasteiger partial charge is 0.545 e. The molecule has 0 spiro atoms. The monoisotopic (exact) mass is 1270 g/mol. The molecular formula is C82H139NO8. The molecule has 0 heterocycles. The molecule has 0 aromatic carbocycles. The van der Waals surface area contributed by atoms with Gasteiger partial charge in [-0.25, -0.2) is 0 Å². The molecule has 0 bridgehead atoms. The highest BCUT2D eigenvalue weighted by atomic mass is 16.7. The molecule has 0 rings (SSSR count). The van der Waals surface area contributed by atoms with Crippen LogP contribution < -0.4 is 5.11 Å². The first-order valence-electron chi connectivity index (χ1n) is 37.3. The molecule has 0 aromatic heterocycles. The molecule has 91 heavy (non-hydrogen) atoms. The first-order valence-corrected chi connectivity index (χ1v) is 37.3. The number of carboxylic acid groups (broad SMARTS) is 1. The first kappa shape index (κ1) is 86.4. The Morgan fingerprint density at radius 1 is 0.330 bits per heavy atom. The van der Waals surface area contributed by atoms with E-state index in [4.69, 9.17) is 18.9 Å². The summed E-state index contributed by atoms with van der Waals surface area (Å²) in [5, 5.41) is 11.8. The summed E-state index contributed by atoms with van der Waals surface area (Å²) in [4.78, 5) is 37.6. The predicted molar refractivity (Wildman–Crippen MR) is 389 cm³/mol. The fourth-order valence-electron chi connectivity index (χ4n) is 10.3. The van der Waals surface area contributed by atoms with Crippen LogP contribution in [-0.4, -0.2) is 82.3 Å². The number of likely N-dealkylation sites (N-methyl/N-ethyl adjacent to an activating group) is 1. The van der Waals surface area contributed by atoms with Crippen molar-refractivity contribution in [2.45, 2.75) is 322 Å². The number of nitrogens with zero attached hydrogens (tertiary/aromatic N) is 1. The van der Waals surface area contributed by atoms with E-state index in [1.165, 1.54) is 161 Å². The number of unbranched alkanes of at least 4 members (excludes halogenated alkanes) is 31. The Morgan fingerprint density at radius 3 is 0.879 bits per heavy atom. The standard InChI is InChI=1S/C82H139NO8/c1-6-8-10-12-14-16-18-20-22-24-26-28-30-32-34-36-38-39-40-41-43-44-46-48-50-52-54-56-58-60-62-64-66-68-70-72-79(84)89-76-78(77-90-82(81(86)87)88-75-74-83(3,4)5)91-80(85)73-71-69-67-65-63-61-59-57-55-53-51-49-47-45-42-37-35-33-31-29-27-25-23-21-19-17-15-13-11-9-7-2/h8-11,14-17,20-23,26-29,33,35,42,45,49,51,78,82H,6-7,12-13,18-19,24-25,30-32,34,36-41,43-44,46-48,50,52-77H2,1-5H3/b10-8-,11-9-,16-14-,17-15-,22-20-,23-21-,28-26-,29-27-,35-33-,45-42-,51-49-. The van der Waals surface area contributed by atoms with E-state index in [0.29, 0.717) is 17.4 Å². The Morgan fingerprint density at radius 2 is 0.593 bits per heavy atom. The summed E-state index contributed by atoms with van der Waals surface area (Å²) in [6.07, 6.45) is 99.8. The topological polar surface area (TPSA) is 111 Å². The van der Waals surface area contributed by atoms with E-state index >= 15 is 0 Å². The van der Waals surface area contributed by atoms with Crippen LogP contribution in [0.15, 0.2) is 134 Å². The summed E-state index contributed by atoms with van der Waals surface area (Å²) < 4.78 is 22.8. The highest BCUT2D eigenvalue weighted by molar-refractivity contribution is 5.70. The SMILES string of the molecule is CC/C=C\C/C=C\C/C=C\C/C=C\C/C=C\C/C=C\C/C=C\CCCCCCCCCCCC(=O)OC(COC(=O)CCCCCCCCCCCCCCCCCCCCCCCC/C=C\C/C=C\C/C=C\C/C=C\CC)COC(OCC[N+](C)(C)C)C(=O)[O-]. The van der Waals surface area contributed by atoms with Crippen LogP contribution in [0, 0.1) is 0 Å². The van der Waals surface area contributed by atoms with Crippen molar-refractivity contribution in [2.24, 2.45) is 0 Å². The van der Waals surface area contributed by atoms with Gasteiger partial charge in [0.2, 0.25) is 0 Å². The zero-order valence-electron chi connectivity index (χ0n) is 59.4. The molecule has 0 aliphatic carbocycles. The number of aliphatic carboxylic acids is 1. The van der Waals surface area contributed by atoms with Crippen LogP contribution in [0.3, 0.4) is 0 Å². The van der Waals surface area contributed by atoms with Crippen LogP contribution in [0.2, 0.25) is 0 Å². The number of hydrogen-bond donors (Lipinski definition) is 0. The number of quaternary nitrogens is 1. The third-order valence-corrected chi connectivity index (χ3v) is 15.9. The van der Waals surface area contributed by atoms with Gasteiger partial charge in [-0.05, 0) is 109 Å². The van der Waals surface area contributed by atoms with Crippen molar-refractivity contribution < 1.29 is 42.9 Å². The molecule has 0 saturated carbocycles. The average molecular weight is 1270 g/mol. The van der Waals surface area contributed by atoms with Gasteiger partial charge in [-0.15, -0.1) is 0 Å². The van der Waals surface area contributed by atoms with E-state index < -0.39 is 24.3 Å².